The second-order valence-corrected chi connectivity index (χ2v) is 6.23. The van der Waals surface area contributed by atoms with Crippen LogP contribution in [-0.4, -0.2) is 34.7 Å². The van der Waals surface area contributed by atoms with Gasteiger partial charge in [-0.05, 0) is 24.7 Å². The third kappa shape index (κ3) is 7.48. The van der Waals surface area contributed by atoms with Crippen molar-refractivity contribution >= 4 is 28.9 Å². The first-order chi connectivity index (χ1) is 11.1. The number of esters is 1. The Balaban J connectivity index is 2.71. The molecular weight excluding hydrogens is 312 g/mol. The van der Waals surface area contributed by atoms with Crippen molar-refractivity contribution in [2.45, 2.75) is 32.8 Å². The van der Waals surface area contributed by atoms with E-state index in [0.29, 0.717) is 12.4 Å². The highest BCUT2D eigenvalue weighted by molar-refractivity contribution is 8.13. The maximum atomic E-state index is 12.2. The molecule has 0 unspecified atom stereocenters. The minimum Gasteiger partial charge on any atom is -0.466 e. The maximum absolute atomic E-state index is 12.2. The molecule has 0 radical (unpaired) electrons. The number of benzene rings is 1. The van der Waals surface area contributed by atoms with Gasteiger partial charge in [-0.2, -0.15) is 0 Å². The predicted molar refractivity (Wildman–Crippen MR) is 94.0 cm³/mol. The molecule has 5 heteroatoms. The van der Waals surface area contributed by atoms with Gasteiger partial charge < -0.3 is 9.84 Å². The average Bonchev–Trinajstić information content (AvgIpc) is 2.54. The monoisotopic (exact) mass is 336 g/mol. The summed E-state index contributed by atoms with van der Waals surface area (Å²) < 4.78 is 4.88. The highest BCUT2D eigenvalue weighted by Gasteiger charge is 2.26. The number of rotatable bonds is 9. The first-order valence-corrected chi connectivity index (χ1v) is 8.80. The molecule has 1 rings (SSSR count). The van der Waals surface area contributed by atoms with Crippen LogP contribution >= 0.6 is 11.8 Å². The molecule has 2 atom stereocenters. The molecule has 1 N–H and O–H groups in total. The van der Waals surface area contributed by atoms with E-state index in [0.717, 1.165) is 5.56 Å². The molecule has 0 aliphatic rings. The van der Waals surface area contributed by atoms with Gasteiger partial charge in [0.2, 0.25) is 0 Å². The Kier molecular flexibility index (Phi) is 9.33. The average molecular weight is 336 g/mol. The third-order valence-electron chi connectivity index (χ3n) is 3.25. The summed E-state index contributed by atoms with van der Waals surface area (Å²) >= 11 is 1.17. The molecule has 0 amide bonds. The first kappa shape index (κ1) is 19.5. The zero-order chi connectivity index (χ0) is 17.1. The summed E-state index contributed by atoms with van der Waals surface area (Å²) in [6.45, 7) is 3.94. The predicted octanol–water partition coefficient (Wildman–Crippen LogP) is 3.30. The van der Waals surface area contributed by atoms with Crippen molar-refractivity contribution in [2.75, 3.05) is 12.4 Å². The Morgan fingerprint density at radius 1 is 1.26 bits per heavy atom. The van der Waals surface area contributed by atoms with E-state index in [1.54, 1.807) is 19.1 Å². The van der Waals surface area contributed by atoms with Crippen molar-refractivity contribution in [3.8, 4) is 0 Å². The van der Waals surface area contributed by atoms with Crippen LogP contribution in [0.5, 0.6) is 0 Å². The van der Waals surface area contributed by atoms with Crippen LogP contribution in [0.3, 0.4) is 0 Å². The van der Waals surface area contributed by atoms with Crippen molar-refractivity contribution in [1.29, 1.82) is 0 Å². The van der Waals surface area contributed by atoms with Crippen LogP contribution in [0.15, 0.2) is 36.4 Å². The molecule has 4 nitrogen and oxygen atoms in total. The molecule has 0 fully saturated rings. The van der Waals surface area contributed by atoms with E-state index in [2.05, 4.69) is 0 Å². The van der Waals surface area contributed by atoms with Gasteiger partial charge >= 0.3 is 5.97 Å². The van der Waals surface area contributed by atoms with Gasteiger partial charge in [0, 0.05) is 6.42 Å². The number of aliphatic hydroxyl groups excluding tert-OH is 1. The van der Waals surface area contributed by atoms with Crippen molar-refractivity contribution in [1.82, 2.24) is 0 Å². The number of carbonyl (C=O) groups excluding carboxylic acids is 2. The zero-order valence-electron chi connectivity index (χ0n) is 13.6. The molecule has 0 saturated heterocycles. The van der Waals surface area contributed by atoms with Crippen LogP contribution in [-0.2, 0) is 14.3 Å². The van der Waals surface area contributed by atoms with Gasteiger partial charge in [-0.15, -0.1) is 0 Å². The second-order valence-electron chi connectivity index (χ2n) is 4.96. The lowest BCUT2D eigenvalue weighted by Gasteiger charge is -2.18. The Morgan fingerprint density at radius 2 is 1.96 bits per heavy atom. The number of aliphatic hydroxyl groups is 1. The standard InChI is InChI=1S/C18H24O4S/c1-3-22-17(20)13-11-15(18(21)23-4-2)16(19)12-10-14-8-6-5-7-9-14/h5-10,12,15-16,19H,3-4,11,13H2,1-2H3/b12-10+/t15-,16-/m0/s1. The lowest BCUT2D eigenvalue weighted by Crippen LogP contribution is -2.26. The molecule has 0 aromatic heterocycles. The van der Waals surface area contributed by atoms with E-state index in [9.17, 15) is 14.7 Å². The minimum atomic E-state index is -0.920. The fourth-order valence-electron chi connectivity index (χ4n) is 2.09. The van der Waals surface area contributed by atoms with Gasteiger partial charge in [-0.25, -0.2) is 0 Å². The topological polar surface area (TPSA) is 63.6 Å². The lowest BCUT2D eigenvalue weighted by atomic mass is 9.97. The minimum absolute atomic E-state index is 0.0954. The van der Waals surface area contributed by atoms with Crippen molar-refractivity contribution in [3.63, 3.8) is 0 Å². The summed E-state index contributed by atoms with van der Waals surface area (Å²) in [6.07, 6.45) is 2.89. The first-order valence-electron chi connectivity index (χ1n) is 7.82. The number of hydrogen-bond acceptors (Lipinski definition) is 5. The summed E-state index contributed by atoms with van der Waals surface area (Å²) in [7, 11) is 0. The largest absolute Gasteiger partial charge is 0.466 e. The maximum Gasteiger partial charge on any atom is 0.305 e. The van der Waals surface area contributed by atoms with E-state index in [-0.39, 0.29) is 23.9 Å². The summed E-state index contributed by atoms with van der Waals surface area (Å²) in [5, 5.41) is 10.2. The van der Waals surface area contributed by atoms with Gasteiger partial charge in [0.25, 0.3) is 0 Å². The Hall–Kier alpha value is -1.59. The number of thioether (sulfide) groups is 1. The molecule has 0 aliphatic heterocycles. The SMILES string of the molecule is CCOC(=O)CC[C@H](C(=O)SCC)[C@@H](O)/C=C/c1ccccc1. The highest BCUT2D eigenvalue weighted by Crippen LogP contribution is 2.22. The van der Waals surface area contributed by atoms with Crippen LogP contribution in [0.4, 0.5) is 0 Å². The normalized spacial score (nSPS) is 13.7. The summed E-state index contributed by atoms with van der Waals surface area (Å²) in [5.41, 5.74) is 0.950. The van der Waals surface area contributed by atoms with Crippen LogP contribution in [0.2, 0.25) is 0 Å². The molecule has 0 spiro atoms. The summed E-state index contributed by atoms with van der Waals surface area (Å²) in [5.74, 6) is -0.306. The summed E-state index contributed by atoms with van der Waals surface area (Å²) in [6, 6.07) is 9.56. The molecule has 126 valence electrons. The van der Waals surface area contributed by atoms with Crippen LogP contribution in [0.1, 0.15) is 32.3 Å². The molecule has 0 aliphatic carbocycles. The fourth-order valence-corrected chi connectivity index (χ4v) is 2.85. The Labute approximate surface area is 141 Å². The lowest BCUT2D eigenvalue weighted by molar-refractivity contribution is -0.143. The van der Waals surface area contributed by atoms with E-state index in [1.807, 2.05) is 37.3 Å². The number of hydrogen-bond donors (Lipinski definition) is 1. The molecule has 0 saturated carbocycles. The Bertz CT molecular complexity index is 513. The number of ether oxygens (including phenoxy) is 1. The quantitative estimate of drug-likeness (QED) is 0.701. The smallest absolute Gasteiger partial charge is 0.305 e. The van der Waals surface area contributed by atoms with Gasteiger partial charge in [0.1, 0.15) is 0 Å². The van der Waals surface area contributed by atoms with E-state index >= 15 is 0 Å². The van der Waals surface area contributed by atoms with Gasteiger partial charge in [-0.3, -0.25) is 9.59 Å². The third-order valence-corrected chi connectivity index (χ3v) is 4.13. The molecule has 1 aromatic rings. The van der Waals surface area contributed by atoms with Crippen molar-refractivity contribution < 1.29 is 19.4 Å². The van der Waals surface area contributed by atoms with E-state index < -0.39 is 12.0 Å². The van der Waals surface area contributed by atoms with Crippen LogP contribution in [0.25, 0.3) is 6.08 Å². The van der Waals surface area contributed by atoms with E-state index in [4.69, 9.17) is 4.74 Å². The van der Waals surface area contributed by atoms with Crippen LogP contribution < -0.4 is 0 Å². The van der Waals surface area contributed by atoms with E-state index in [1.165, 1.54) is 11.8 Å². The van der Waals surface area contributed by atoms with Gasteiger partial charge in [0.15, 0.2) is 5.12 Å². The van der Waals surface area contributed by atoms with Crippen molar-refractivity contribution in [2.24, 2.45) is 5.92 Å². The number of carbonyl (C=O) groups is 2. The summed E-state index contributed by atoms with van der Waals surface area (Å²) in [4.78, 5) is 23.7. The molecule has 0 bridgehead atoms. The zero-order valence-corrected chi connectivity index (χ0v) is 14.4. The second kappa shape index (κ2) is 11.0. The molecule has 23 heavy (non-hydrogen) atoms. The molecule has 1 aromatic carbocycles. The van der Waals surface area contributed by atoms with Gasteiger partial charge in [0.05, 0.1) is 18.6 Å². The fraction of sp³-hybridized carbons (Fsp3) is 0.444. The Morgan fingerprint density at radius 3 is 2.57 bits per heavy atom. The van der Waals surface area contributed by atoms with Gasteiger partial charge in [-0.1, -0.05) is 61.2 Å². The molecule has 0 heterocycles. The van der Waals surface area contributed by atoms with Crippen molar-refractivity contribution in [3.05, 3.63) is 42.0 Å². The van der Waals surface area contributed by atoms with Crippen LogP contribution in [0, 0.1) is 5.92 Å². The molecular formula is C18H24O4S. The highest BCUT2D eigenvalue weighted by atomic mass is 32.2.